The Bertz CT molecular complexity index is 1350. The average molecular weight is 382 g/mol. The van der Waals surface area contributed by atoms with Crippen LogP contribution in [0.1, 0.15) is 55.4 Å². The molecule has 3 heteroatoms. The Balaban J connectivity index is 1.59. The molecule has 10 heterocycles. The second kappa shape index (κ2) is 1.13. The summed E-state index contributed by atoms with van der Waals surface area (Å²) in [7, 11) is 0. The van der Waals surface area contributed by atoms with Gasteiger partial charge in [0.05, 0.1) is 0 Å². The molecule has 10 saturated heterocycles. The first-order valence-corrected chi connectivity index (χ1v) is 16.3. The van der Waals surface area contributed by atoms with Crippen molar-refractivity contribution in [3.8, 4) is 0 Å². The Kier molecular flexibility index (Phi) is 0.560. The fourth-order valence-corrected chi connectivity index (χ4v) is 110. The molecule has 0 amide bonds. The first kappa shape index (κ1) is 12.3. The van der Waals surface area contributed by atoms with Crippen LogP contribution in [0, 0.1) is 10.8 Å². The third kappa shape index (κ3) is 0.144. The van der Waals surface area contributed by atoms with Gasteiger partial charge in [0.15, 0.2) is 0 Å². The quantitative estimate of drug-likeness (QED) is 0.539. The van der Waals surface area contributed by atoms with E-state index in [4.69, 9.17) is 0 Å². The van der Waals surface area contributed by atoms with E-state index in [-0.39, 0.29) is 8.63 Å². The molecule has 10 rings (SSSR count). The number of carbonyl (C=O) groups is 2. The fourth-order valence-electron chi connectivity index (χ4n) is 23.3. The summed E-state index contributed by atoms with van der Waals surface area (Å²) in [5, 5.41) is 0. The van der Waals surface area contributed by atoms with Crippen molar-refractivity contribution in [1.82, 2.24) is 0 Å². The molecule has 0 radical (unpaired) electrons. The molecule has 0 aliphatic carbocycles. The monoisotopic (exact) mass is 382 g/mol. The molecule has 10 atom stereocenters. The number of carbonyl (C=O) groups excluding carboxylic acids is 2. The van der Waals surface area contributed by atoms with E-state index in [1.54, 1.807) is 0 Å². The van der Waals surface area contributed by atoms with Crippen LogP contribution < -0.4 is 0 Å². The van der Waals surface area contributed by atoms with E-state index in [1.165, 1.54) is 0 Å². The van der Waals surface area contributed by atoms with Gasteiger partial charge in [0.25, 0.3) is 0 Å². The molecule has 0 bridgehead atoms. The van der Waals surface area contributed by atoms with Crippen LogP contribution in [0.2, 0.25) is 46.2 Å². The van der Waals surface area contributed by atoms with Gasteiger partial charge in [-0.1, -0.05) is 0 Å². The molecule has 0 N–H and O–H groups in total. The molecule has 10 fully saturated rings. The van der Waals surface area contributed by atoms with Crippen molar-refractivity contribution < 1.29 is 16.1 Å². The second-order valence-electron chi connectivity index (χ2n) is 15.6. The number of hydrogen-bond donors (Lipinski definition) is 0. The molecule has 10 unspecified atom stereocenters. The Hall–Kier alpha value is -0.141. The zero-order valence-electron chi connectivity index (χ0n) is 16.6. The van der Waals surface area contributed by atoms with E-state index in [0.717, 1.165) is 28.9 Å². The Morgan fingerprint density at radius 2 is 1.00 bits per heavy atom. The van der Waals surface area contributed by atoms with Crippen LogP contribution in [0.4, 0.5) is 0 Å². The molecule has 1 spiro atoms. The third-order valence-electron chi connectivity index (χ3n) is 18.4. The van der Waals surface area contributed by atoms with E-state index >= 15 is 0 Å². The summed E-state index contributed by atoms with van der Waals surface area (Å²) < 4.78 is 1.23. The molecule has 0 aromatic carbocycles. The number of Topliss-reactive ketones (excluding diaryl/α,β-unsaturated/α-hetero) is 2. The first-order valence-electron chi connectivity index (χ1n) is 10.3. The van der Waals surface area contributed by atoms with Crippen molar-refractivity contribution in [3.63, 3.8) is 0 Å². The number of hydrogen-bond acceptors (Lipinski definition) is 2. The van der Waals surface area contributed by atoms with E-state index in [2.05, 4.69) is 41.5 Å². The molecular weight excluding hydrogens is 352 g/mol. The molecule has 2 nitrogen and oxygen atoms in total. The van der Waals surface area contributed by atoms with Crippen molar-refractivity contribution in [3.05, 3.63) is 0 Å². The summed E-state index contributed by atoms with van der Waals surface area (Å²) in [6.07, 6.45) is 0. The van der Waals surface area contributed by atoms with Gasteiger partial charge in [-0.3, -0.25) is 0 Å². The SMILES string of the molecule is CC(=O)[C]12[CH]3[CH]4[C]5(C(C)(C)C)[CH]1[Fe]34251678[CH]2[CH]1[C]6(C(C)(C)C)[CH]7[C]28C(C)=O. The number of ketones is 2. The summed E-state index contributed by atoms with van der Waals surface area (Å²) >= 11 is 0. The van der Waals surface area contributed by atoms with Crippen LogP contribution in [-0.2, 0) is 16.1 Å². The van der Waals surface area contributed by atoms with Crippen molar-refractivity contribution in [2.24, 2.45) is 10.8 Å². The standard InChI is InChI=1S/2C11H15O.Fe/c2*1-8(12)9-5-6-10(7-9)11(2,3)4;/h2*5-7H,1-4H3;. The summed E-state index contributed by atoms with van der Waals surface area (Å²) in [5.74, 6) is 1.12. The van der Waals surface area contributed by atoms with Gasteiger partial charge in [0.2, 0.25) is 0 Å². The molecular formula is C22H30FeO2. The topological polar surface area (TPSA) is 34.1 Å². The second-order valence-corrected chi connectivity index (χ2v) is 38.1. The predicted molar refractivity (Wildman–Crippen MR) is 93.5 cm³/mol. The molecule has 0 saturated carbocycles. The number of fused-ring (bicyclic) bond motifs is 10. The van der Waals surface area contributed by atoms with Crippen LogP contribution >= 0.6 is 0 Å². The molecule has 138 valence electrons. The minimum absolute atomic E-state index is 0.116. The van der Waals surface area contributed by atoms with Gasteiger partial charge in [-0.15, -0.1) is 0 Å². The molecule has 0 aromatic heterocycles. The van der Waals surface area contributed by atoms with Crippen molar-refractivity contribution in [2.75, 3.05) is 0 Å². The summed E-state index contributed by atoms with van der Waals surface area (Å²) in [4.78, 5) is 31.7. The Morgan fingerprint density at radius 3 is 1.16 bits per heavy atom. The Morgan fingerprint density at radius 1 is 0.680 bits per heavy atom. The van der Waals surface area contributed by atoms with Crippen LogP contribution in [0.3, 0.4) is 0 Å². The van der Waals surface area contributed by atoms with Crippen molar-refractivity contribution in [1.29, 1.82) is 0 Å². The maximum absolute atomic E-state index is 13.4. The van der Waals surface area contributed by atoms with Gasteiger partial charge < -0.3 is 0 Å². The average Bonchev–Trinajstić information content (AvgIpc) is 3.37. The zero-order valence-corrected chi connectivity index (χ0v) is 17.7. The molecule has 10 aliphatic heterocycles. The van der Waals surface area contributed by atoms with E-state index < -0.39 is 6.51 Å². The maximum atomic E-state index is 13.4. The summed E-state index contributed by atoms with van der Waals surface area (Å²) in [6.45, 7) is 14.4. The summed E-state index contributed by atoms with van der Waals surface area (Å²) in [5.41, 5.74) is 0.594. The van der Waals surface area contributed by atoms with E-state index in [1.807, 2.05) is 13.8 Å². The predicted octanol–water partition coefficient (Wildman–Crippen LogP) is 6.13. The van der Waals surface area contributed by atoms with E-state index in [0.29, 0.717) is 31.0 Å². The van der Waals surface area contributed by atoms with Crippen LogP contribution in [0.15, 0.2) is 0 Å². The summed E-state index contributed by atoms with van der Waals surface area (Å²) in [6, 6.07) is 0. The number of rotatable bonds is 2. The van der Waals surface area contributed by atoms with Gasteiger partial charge in [-0.25, -0.2) is 0 Å². The zero-order chi connectivity index (χ0) is 17.9. The van der Waals surface area contributed by atoms with E-state index in [9.17, 15) is 9.59 Å². The molecule has 10 aliphatic rings. The fraction of sp³-hybridized carbons (Fsp3) is 0.909. The molecule has 0 aromatic rings. The third-order valence-corrected chi connectivity index (χ3v) is 63.2. The van der Waals surface area contributed by atoms with Gasteiger partial charge in [-0.2, -0.15) is 0 Å². The Labute approximate surface area is 140 Å². The van der Waals surface area contributed by atoms with Gasteiger partial charge in [-0.05, 0) is 0 Å². The molecule has 25 heavy (non-hydrogen) atoms. The van der Waals surface area contributed by atoms with Crippen LogP contribution in [0.25, 0.3) is 0 Å². The first-order chi connectivity index (χ1) is 11.1. The van der Waals surface area contributed by atoms with Crippen molar-refractivity contribution in [2.45, 2.75) is 102 Å². The minimum atomic E-state index is -4.40. The van der Waals surface area contributed by atoms with Crippen LogP contribution in [-0.4, -0.2) is 11.6 Å². The van der Waals surface area contributed by atoms with Crippen LogP contribution in [0.5, 0.6) is 0 Å². The van der Waals surface area contributed by atoms with Gasteiger partial charge in [0.1, 0.15) is 0 Å². The van der Waals surface area contributed by atoms with Gasteiger partial charge >= 0.3 is 140 Å². The van der Waals surface area contributed by atoms with Gasteiger partial charge in [0, 0.05) is 0 Å². The normalized spacial score (nSPS) is 95.0. The van der Waals surface area contributed by atoms with Crippen molar-refractivity contribution >= 4 is 11.6 Å².